The highest BCUT2D eigenvalue weighted by atomic mass is 16.3. The molecular weight excluding hydrogens is 194 g/mol. The summed E-state index contributed by atoms with van der Waals surface area (Å²) in [5.74, 6) is -0.111. The summed E-state index contributed by atoms with van der Waals surface area (Å²) in [7, 11) is 0. The maximum atomic E-state index is 11.3. The Balaban J connectivity index is 3.69. The van der Waals surface area contributed by atoms with Gasteiger partial charge < -0.3 is 15.7 Å². The standard InChI is InChI=1S/C10H19N3O2/c1-2-4-13-10(15)7-9(8-11)12-5-3-6-14/h9,12,14H,2-7H2,1H3,(H,13,15). The Morgan fingerprint density at radius 2 is 2.27 bits per heavy atom. The van der Waals surface area contributed by atoms with Gasteiger partial charge in [0.25, 0.3) is 0 Å². The predicted octanol–water partition coefficient (Wildman–Crippen LogP) is -0.233. The van der Waals surface area contributed by atoms with Crippen molar-refractivity contribution in [3.05, 3.63) is 0 Å². The molecule has 0 aromatic heterocycles. The Kier molecular flexibility index (Phi) is 8.73. The molecule has 0 aliphatic heterocycles. The fourth-order valence-corrected chi connectivity index (χ4v) is 1.04. The predicted molar refractivity (Wildman–Crippen MR) is 57.0 cm³/mol. The number of carbonyl (C=O) groups excluding carboxylic acids is 1. The average Bonchev–Trinajstić information content (AvgIpc) is 2.25. The van der Waals surface area contributed by atoms with Crippen molar-refractivity contribution in [1.82, 2.24) is 10.6 Å². The van der Waals surface area contributed by atoms with Crippen molar-refractivity contribution < 1.29 is 9.90 Å². The molecule has 0 aromatic carbocycles. The summed E-state index contributed by atoms with van der Waals surface area (Å²) in [6.07, 6.45) is 1.65. The van der Waals surface area contributed by atoms with Gasteiger partial charge in [0.1, 0.15) is 6.04 Å². The number of rotatable bonds is 8. The highest BCUT2D eigenvalue weighted by Crippen LogP contribution is 1.91. The SMILES string of the molecule is CCCNC(=O)CC(C#N)NCCCO. The van der Waals surface area contributed by atoms with Crippen LogP contribution in [0.3, 0.4) is 0 Å². The molecule has 0 saturated carbocycles. The molecule has 0 radical (unpaired) electrons. The van der Waals surface area contributed by atoms with Crippen LogP contribution in [0.15, 0.2) is 0 Å². The lowest BCUT2D eigenvalue weighted by atomic mass is 10.2. The summed E-state index contributed by atoms with van der Waals surface area (Å²) in [6, 6.07) is 1.55. The number of amides is 1. The number of hydrogen-bond donors (Lipinski definition) is 3. The Morgan fingerprint density at radius 1 is 1.53 bits per heavy atom. The second-order valence-corrected chi connectivity index (χ2v) is 3.27. The third-order valence-corrected chi connectivity index (χ3v) is 1.84. The first-order valence-corrected chi connectivity index (χ1v) is 5.25. The summed E-state index contributed by atoms with van der Waals surface area (Å²) in [4.78, 5) is 11.3. The maximum Gasteiger partial charge on any atom is 0.222 e. The lowest BCUT2D eigenvalue weighted by molar-refractivity contribution is -0.121. The fourth-order valence-electron chi connectivity index (χ4n) is 1.04. The molecular formula is C10H19N3O2. The molecule has 0 aliphatic carbocycles. The number of carbonyl (C=O) groups is 1. The zero-order valence-electron chi connectivity index (χ0n) is 9.12. The zero-order chi connectivity index (χ0) is 11.5. The van der Waals surface area contributed by atoms with E-state index in [-0.39, 0.29) is 18.9 Å². The second kappa shape index (κ2) is 9.44. The second-order valence-electron chi connectivity index (χ2n) is 3.27. The number of nitrogens with zero attached hydrogens (tertiary/aromatic N) is 1. The topological polar surface area (TPSA) is 85.2 Å². The molecule has 0 fully saturated rings. The minimum Gasteiger partial charge on any atom is -0.396 e. The van der Waals surface area contributed by atoms with Gasteiger partial charge in [-0.25, -0.2) is 0 Å². The molecule has 3 N–H and O–H groups in total. The molecule has 0 bridgehead atoms. The molecule has 1 unspecified atom stereocenters. The van der Waals surface area contributed by atoms with Gasteiger partial charge in [-0.05, 0) is 19.4 Å². The first-order chi connectivity index (χ1) is 7.24. The highest BCUT2D eigenvalue weighted by Gasteiger charge is 2.11. The first-order valence-electron chi connectivity index (χ1n) is 5.25. The highest BCUT2D eigenvalue weighted by molar-refractivity contribution is 5.76. The van der Waals surface area contributed by atoms with Crippen LogP contribution in [0.25, 0.3) is 0 Å². The molecule has 5 heteroatoms. The molecule has 5 nitrogen and oxygen atoms in total. The molecule has 0 aliphatic rings. The van der Waals surface area contributed by atoms with Gasteiger partial charge in [0.05, 0.1) is 12.5 Å². The van der Waals surface area contributed by atoms with Gasteiger partial charge in [-0.1, -0.05) is 6.92 Å². The molecule has 0 rings (SSSR count). The zero-order valence-corrected chi connectivity index (χ0v) is 9.12. The largest absolute Gasteiger partial charge is 0.396 e. The number of aliphatic hydroxyl groups excluding tert-OH is 1. The normalized spacial score (nSPS) is 11.8. The van der Waals surface area contributed by atoms with E-state index < -0.39 is 6.04 Å². The number of aliphatic hydroxyl groups is 1. The molecule has 0 aromatic rings. The first kappa shape index (κ1) is 13.9. The lowest BCUT2D eigenvalue weighted by Gasteiger charge is -2.10. The summed E-state index contributed by atoms with van der Waals surface area (Å²) in [5.41, 5.74) is 0. The van der Waals surface area contributed by atoms with Crippen LogP contribution in [-0.4, -0.2) is 36.8 Å². The van der Waals surface area contributed by atoms with E-state index in [0.717, 1.165) is 6.42 Å². The van der Waals surface area contributed by atoms with E-state index in [1.54, 1.807) is 0 Å². The number of nitriles is 1. The van der Waals surface area contributed by atoms with Crippen molar-refractivity contribution in [3.63, 3.8) is 0 Å². The van der Waals surface area contributed by atoms with Crippen LogP contribution in [0, 0.1) is 11.3 Å². The van der Waals surface area contributed by atoms with Crippen molar-refractivity contribution in [2.75, 3.05) is 19.7 Å². The van der Waals surface area contributed by atoms with Crippen molar-refractivity contribution >= 4 is 5.91 Å². The van der Waals surface area contributed by atoms with Gasteiger partial charge in [0.2, 0.25) is 5.91 Å². The minimum atomic E-state index is -0.464. The van der Waals surface area contributed by atoms with E-state index >= 15 is 0 Å². The smallest absolute Gasteiger partial charge is 0.222 e. The van der Waals surface area contributed by atoms with Crippen LogP contribution >= 0.6 is 0 Å². The summed E-state index contributed by atoms with van der Waals surface area (Å²) < 4.78 is 0. The van der Waals surface area contributed by atoms with Gasteiger partial charge in [0, 0.05) is 13.2 Å². The summed E-state index contributed by atoms with van der Waals surface area (Å²) in [5, 5.41) is 22.9. The van der Waals surface area contributed by atoms with Crippen LogP contribution in [0.2, 0.25) is 0 Å². The average molecular weight is 213 g/mol. The number of nitrogens with one attached hydrogen (secondary N) is 2. The van der Waals surface area contributed by atoms with Gasteiger partial charge >= 0.3 is 0 Å². The Morgan fingerprint density at radius 3 is 2.80 bits per heavy atom. The Bertz CT molecular complexity index is 213. The van der Waals surface area contributed by atoms with Crippen LogP contribution in [0.4, 0.5) is 0 Å². The monoisotopic (exact) mass is 213 g/mol. The summed E-state index contributed by atoms with van der Waals surface area (Å²) >= 11 is 0. The van der Waals surface area contributed by atoms with E-state index in [2.05, 4.69) is 10.6 Å². The van der Waals surface area contributed by atoms with Crippen molar-refractivity contribution in [2.45, 2.75) is 32.2 Å². The van der Waals surface area contributed by atoms with E-state index in [1.807, 2.05) is 13.0 Å². The van der Waals surface area contributed by atoms with Gasteiger partial charge in [-0.15, -0.1) is 0 Å². The van der Waals surface area contributed by atoms with Crippen LogP contribution < -0.4 is 10.6 Å². The maximum absolute atomic E-state index is 11.3. The van der Waals surface area contributed by atoms with E-state index in [1.165, 1.54) is 0 Å². The van der Waals surface area contributed by atoms with E-state index in [9.17, 15) is 4.79 Å². The van der Waals surface area contributed by atoms with E-state index in [0.29, 0.717) is 19.5 Å². The minimum absolute atomic E-state index is 0.0905. The third-order valence-electron chi connectivity index (χ3n) is 1.84. The molecule has 1 amide bonds. The van der Waals surface area contributed by atoms with Crippen molar-refractivity contribution in [1.29, 1.82) is 5.26 Å². The van der Waals surface area contributed by atoms with Crippen molar-refractivity contribution in [2.24, 2.45) is 0 Å². The lowest BCUT2D eigenvalue weighted by Crippen LogP contribution is -2.35. The van der Waals surface area contributed by atoms with Gasteiger partial charge in [-0.3, -0.25) is 4.79 Å². The van der Waals surface area contributed by atoms with Crippen LogP contribution in [0.1, 0.15) is 26.2 Å². The molecule has 1 atom stereocenters. The molecule has 0 saturated heterocycles. The molecule has 0 heterocycles. The van der Waals surface area contributed by atoms with E-state index in [4.69, 9.17) is 10.4 Å². The van der Waals surface area contributed by atoms with Crippen LogP contribution in [-0.2, 0) is 4.79 Å². The van der Waals surface area contributed by atoms with Gasteiger partial charge in [0.15, 0.2) is 0 Å². The Hall–Kier alpha value is -1.12. The molecule has 15 heavy (non-hydrogen) atoms. The fraction of sp³-hybridized carbons (Fsp3) is 0.800. The summed E-state index contributed by atoms with van der Waals surface area (Å²) in [6.45, 7) is 3.26. The Labute approximate surface area is 90.5 Å². The van der Waals surface area contributed by atoms with Crippen LogP contribution in [0.5, 0.6) is 0 Å². The third kappa shape index (κ3) is 7.91. The quantitative estimate of drug-likeness (QED) is 0.486. The van der Waals surface area contributed by atoms with Gasteiger partial charge in [-0.2, -0.15) is 5.26 Å². The molecule has 86 valence electrons. The molecule has 0 spiro atoms. The number of hydrogen-bond acceptors (Lipinski definition) is 4. The van der Waals surface area contributed by atoms with Crippen molar-refractivity contribution in [3.8, 4) is 6.07 Å².